The highest BCUT2D eigenvalue weighted by molar-refractivity contribution is 8.01. The quantitative estimate of drug-likeness (QED) is 0.463. The highest BCUT2D eigenvalue weighted by atomic mass is 32.2. The van der Waals surface area contributed by atoms with Gasteiger partial charge in [0.05, 0.1) is 16.0 Å². The van der Waals surface area contributed by atoms with E-state index in [0.29, 0.717) is 23.1 Å². The lowest BCUT2D eigenvalue weighted by molar-refractivity contribution is -0.129. The molecular weight excluding hydrogens is 454 g/mol. The molecule has 4 rings (SSSR count). The average molecular weight is 484 g/mol. The molecule has 2 amide bonds. The molecule has 2 aromatic carbocycles. The Morgan fingerprint density at radius 2 is 1.94 bits per heavy atom. The third-order valence-corrected chi connectivity index (χ3v) is 8.10. The smallest absolute Gasteiger partial charge is 0.262 e. The first kappa shape index (κ1) is 23.6. The minimum Gasteiger partial charge on any atom is -0.484 e. The molecule has 1 aliphatic heterocycles. The van der Waals surface area contributed by atoms with Crippen molar-refractivity contribution >= 4 is 50.8 Å². The lowest BCUT2D eigenvalue weighted by Gasteiger charge is -2.30. The van der Waals surface area contributed by atoms with Crippen LogP contribution in [0.3, 0.4) is 0 Å². The van der Waals surface area contributed by atoms with Gasteiger partial charge in [-0.25, -0.2) is 4.98 Å². The van der Waals surface area contributed by atoms with Crippen molar-refractivity contribution in [2.75, 3.05) is 30.8 Å². The first-order valence-corrected chi connectivity index (χ1v) is 13.0. The van der Waals surface area contributed by atoms with Crippen LogP contribution in [-0.4, -0.2) is 47.1 Å². The Balaban J connectivity index is 1.30. The molecule has 1 aromatic heterocycles. The van der Waals surface area contributed by atoms with Gasteiger partial charge >= 0.3 is 0 Å². The standard InChI is InChI=1S/C25H29N3O3S2/c1-16-8-10-28(11-9-16)24(30)15-32-25-27-21-7-5-19(13-22(21)33-25)26-23(29)14-31-20-6-4-17(2)18(3)12-20/h4-7,12-13,16H,8-11,14-15H2,1-3H3,(H,26,29). The minimum atomic E-state index is -0.215. The number of piperidine rings is 1. The van der Waals surface area contributed by atoms with Crippen molar-refractivity contribution in [1.29, 1.82) is 0 Å². The second-order valence-corrected chi connectivity index (χ2v) is 10.9. The van der Waals surface area contributed by atoms with Crippen LogP contribution >= 0.6 is 23.1 Å². The number of hydrogen-bond donors (Lipinski definition) is 1. The van der Waals surface area contributed by atoms with E-state index in [9.17, 15) is 9.59 Å². The van der Waals surface area contributed by atoms with Gasteiger partial charge in [0.15, 0.2) is 10.9 Å². The second-order valence-electron chi connectivity index (χ2n) is 8.60. The number of fused-ring (bicyclic) bond motifs is 1. The summed E-state index contributed by atoms with van der Waals surface area (Å²) in [6, 6.07) is 11.4. The van der Waals surface area contributed by atoms with Crippen LogP contribution < -0.4 is 10.1 Å². The number of carbonyl (C=O) groups is 2. The molecule has 3 aromatic rings. The van der Waals surface area contributed by atoms with Gasteiger partial charge in [0.1, 0.15) is 5.75 Å². The van der Waals surface area contributed by atoms with Gasteiger partial charge in [0.2, 0.25) is 5.91 Å². The molecule has 0 aliphatic carbocycles. The first-order valence-electron chi connectivity index (χ1n) is 11.2. The van der Waals surface area contributed by atoms with Crippen LogP contribution in [0.2, 0.25) is 0 Å². The first-order chi connectivity index (χ1) is 15.9. The van der Waals surface area contributed by atoms with Crippen LogP contribution in [0, 0.1) is 19.8 Å². The van der Waals surface area contributed by atoms with Crippen LogP contribution in [0.5, 0.6) is 5.75 Å². The fourth-order valence-electron chi connectivity index (χ4n) is 3.67. The van der Waals surface area contributed by atoms with Crippen LogP contribution in [0.15, 0.2) is 40.7 Å². The summed E-state index contributed by atoms with van der Waals surface area (Å²) in [4.78, 5) is 31.4. The fraction of sp³-hybridized carbons (Fsp3) is 0.400. The lowest BCUT2D eigenvalue weighted by atomic mass is 9.99. The van der Waals surface area contributed by atoms with Gasteiger partial charge in [-0.15, -0.1) is 11.3 Å². The molecule has 0 radical (unpaired) electrons. The summed E-state index contributed by atoms with van der Waals surface area (Å²) >= 11 is 3.02. The zero-order valence-corrected chi connectivity index (χ0v) is 20.9. The van der Waals surface area contributed by atoms with Crippen molar-refractivity contribution in [2.45, 2.75) is 38.0 Å². The third-order valence-electron chi connectivity index (χ3n) is 5.96. The molecule has 1 fully saturated rings. The Hall–Kier alpha value is -2.58. The maximum atomic E-state index is 12.5. The number of likely N-dealkylation sites (tertiary alicyclic amines) is 1. The number of benzene rings is 2. The maximum absolute atomic E-state index is 12.5. The van der Waals surface area contributed by atoms with Crippen molar-refractivity contribution in [3.05, 3.63) is 47.5 Å². The van der Waals surface area contributed by atoms with E-state index in [4.69, 9.17) is 4.74 Å². The molecular formula is C25H29N3O3S2. The number of ether oxygens (including phenoxy) is 1. The molecule has 33 heavy (non-hydrogen) atoms. The van der Waals surface area contributed by atoms with Crippen molar-refractivity contribution in [2.24, 2.45) is 5.92 Å². The van der Waals surface area contributed by atoms with Crippen LogP contribution in [0.1, 0.15) is 30.9 Å². The molecule has 1 N–H and O–H groups in total. The van der Waals surface area contributed by atoms with E-state index in [1.165, 1.54) is 28.7 Å². The number of aromatic nitrogens is 1. The van der Waals surface area contributed by atoms with Crippen molar-refractivity contribution < 1.29 is 14.3 Å². The van der Waals surface area contributed by atoms with E-state index in [1.807, 2.05) is 55.1 Å². The number of amides is 2. The van der Waals surface area contributed by atoms with Gasteiger partial charge in [0.25, 0.3) is 5.91 Å². The van der Waals surface area contributed by atoms with E-state index < -0.39 is 0 Å². The summed E-state index contributed by atoms with van der Waals surface area (Å²) < 4.78 is 7.46. The molecule has 6 nitrogen and oxygen atoms in total. The predicted molar refractivity (Wildman–Crippen MR) is 135 cm³/mol. The molecule has 1 aliphatic rings. The summed E-state index contributed by atoms with van der Waals surface area (Å²) in [6.45, 7) is 7.96. The Labute approximate surface area is 202 Å². The molecule has 0 atom stereocenters. The molecule has 2 heterocycles. The Morgan fingerprint density at radius 1 is 1.15 bits per heavy atom. The summed E-state index contributed by atoms with van der Waals surface area (Å²) in [5.74, 6) is 1.77. The highest BCUT2D eigenvalue weighted by Gasteiger charge is 2.20. The zero-order chi connectivity index (χ0) is 23.4. The number of carbonyl (C=O) groups excluding carboxylic acids is 2. The normalized spacial score (nSPS) is 14.5. The van der Waals surface area contributed by atoms with Crippen LogP contribution in [0.25, 0.3) is 10.2 Å². The molecule has 0 unspecified atom stereocenters. The number of aryl methyl sites for hydroxylation is 2. The number of nitrogens with one attached hydrogen (secondary N) is 1. The molecule has 0 bridgehead atoms. The number of rotatable bonds is 7. The van der Waals surface area contributed by atoms with Gasteiger partial charge in [-0.2, -0.15) is 0 Å². The molecule has 0 spiro atoms. The predicted octanol–water partition coefficient (Wildman–Crippen LogP) is 5.28. The highest BCUT2D eigenvalue weighted by Crippen LogP contribution is 2.31. The number of thioether (sulfide) groups is 1. The molecule has 0 saturated carbocycles. The van der Waals surface area contributed by atoms with Gasteiger partial charge in [0, 0.05) is 18.8 Å². The number of thiazole rings is 1. The van der Waals surface area contributed by atoms with Crippen LogP contribution in [-0.2, 0) is 9.59 Å². The topological polar surface area (TPSA) is 71.5 Å². The molecule has 8 heteroatoms. The van der Waals surface area contributed by atoms with Crippen molar-refractivity contribution in [3.8, 4) is 5.75 Å². The monoisotopic (exact) mass is 483 g/mol. The SMILES string of the molecule is Cc1ccc(OCC(=O)Nc2ccc3nc(SCC(=O)N4CCC(C)CC4)sc3c2)cc1C. The van der Waals surface area contributed by atoms with E-state index in [-0.39, 0.29) is 18.4 Å². The van der Waals surface area contributed by atoms with E-state index in [0.717, 1.165) is 46.1 Å². The largest absolute Gasteiger partial charge is 0.484 e. The maximum Gasteiger partial charge on any atom is 0.262 e. The number of anilines is 1. The Morgan fingerprint density at radius 3 is 2.70 bits per heavy atom. The molecule has 1 saturated heterocycles. The number of hydrogen-bond acceptors (Lipinski definition) is 6. The zero-order valence-electron chi connectivity index (χ0n) is 19.2. The van der Waals surface area contributed by atoms with E-state index in [2.05, 4.69) is 17.2 Å². The number of nitrogens with zero attached hydrogens (tertiary/aromatic N) is 2. The molecule has 174 valence electrons. The second kappa shape index (κ2) is 10.6. The Kier molecular flexibility index (Phi) is 7.55. The summed E-state index contributed by atoms with van der Waals surface area (Å²) in [7, 11) is 0. The van der Waals surface area contributed by atoms with E-state index >= 15 is 0 Å². The lowest BCUT2D eigenvalue weighted by Crippen LogP contribution is -2.38. The Bertz CT molecular complexity index is 1150. The average Bonchev–Trinajstić information content (AvgIpc) is 3.21. The minimum absolute atomic E-state index is 0.0538. The summed E-state index contributed by atoms with van der Waals surface area (Å²) in [5, 5.41) is 2.88. The summed E-state index contributed by atoms with van der Waals surface area (Å²) in [6.07, 6.45) is 2.17. The van der Waals surface area contributed by atoms with Gasteiger partial charge < -0.3 is 15.0 Å². The van der Waals surface area contributed by atoms with Gasteiger partial charge in [-0.05, 0) is 74.1 Å². The van der Waals surface area contributed by atoms with Crippen molar-refractivity contribution in [3.63, 3.8) is 0 Å². The third kappa shape index (κ3) is 6.26. The van der Waals surface area contributed by atoms with E-state index in [1.54, 1.807) is 0 Å². The van der Waals surface area contributed by atoms with Gasteiger partial charge in [-0.1, -0.05) is 24.8 Å². The summed E-state index contributed by atoms with van der Waals surface area (Å²) in [5.41, 5.74) is 3.89. The van der Waals surface area contributed by atoms with Crippen molar-refractivity contribution in [1.82, 2.24) is 9.88 Å². The van der Waals surface area contributed by atoms with Crippen LogP contribution in [0.4, 0.5) is 5.69 Å². The van der Waals surface area contributed by atoms with Gasteiger partial charge in [-0.3, -0.25) is 9.59 Å². The fourth-order valence-corrected chi connectivity index (χ4v) is 5.68.